The van der Waals surface area contributed by atoms with Crippen LogP contribution in [-0.2, 0) is 12.0 Å². The maximum absolute atomic E-state index is 9.20. The molecule has 0 aromatic carbocycles. The molecule has 0 N–H and O–H groups in total. The monoisotopic (exact) mass is 245 g/mol. The minimum absolute atomic E-state index is 0.127. The lowest BCUT2D eigenvalue weighted by Crippen LogP contribution is -2.24. The van der Waals surface area contributed by atoms with Crippen molar-refractivity contribution in [1.82, 2.24) is 14.8 Å². The van der Waals surface area contributed by atoms with Gasteiger partial charge in [0.2, 0.25) is 0 Å². The van der Waals surface area contributed by atoms with E-state index in [0.29, 0.717) is 6.42 Å². The zero-order valence-electron chi connectivity index (χ0n) is 11.4. The molecule has 0 aliphatic carbocycles. The van der Waals surface area contributed by atoms with Crippen LogP contribution < -0.4 is 0 Å². The van der Waals surface area contributed by atoms with Crippen LogP contribution in [0.3, 0.4) is 0 Å². The number of aromatic nitrogens is 3. The van der Waals surface area contributed by atoms with Gasteiger partial charge in [-0.25, -0.2) is 9.67 Å². The molecule has 0 amide bonds. The molecule has 0 saturated heterocycles. The van der Waals surface area contributed by atoms with Crippen molar-refractivity contribution in [2.75, 3.05) is 0 Å². The molecule has 0 aliphatic heterocycles. The van der Waals surface area contributed by atoms with Gasteiger partial charge in [0.25, 0.3) is 0 Å². The molecule has 0 radical (unpaired) electrons. The Balaban J connectivity index is 2.94. The van der Waals surface area contributed by atoms with Crippen LogP contribution in [0, 0.1) is 28.1 Å². The van der Waals surface area contributed by atoms with Crippen LogP contribution in [0.4, 0.5) is 0 Å². The third kappa shape index (κ3) is 3.07. The molecule has 1 aromatic heterocycles. The molecular weight excluding hydrogens is 226 g/mol. The molecule has 5 heteroatoms. The highest BCUT2D eigenvalue weighted by Gasteiger charge is 2.31. The van der Waals surface area contributed by atoms with Gasteiger partial charge in [0.15, 0.2) is 11.2 Å². The second-order valence-electron chi connectivity index (χ2n) is 5.57. The predicted molar refractivity (Wildman–Crippen MR) is 67.3 cm³/mol. The SMILES string of the molecule is CCCC(C#N)(C#N)Cn1cnc(C(C)(C)C)n1. The van der Waals surface area contributed by atoms with E-state index in [2.05, 4.69) is 22.2 Å². The van der Waals surface area contributed by atoms with E-state index >= 15 is 0 Å². The van der Waals surface area contributed by atoms with Crippen LogP contribution in [-0.4, -0.2) is 14.8 Å². The van der Waals surface area contributed by atoms with Crippen molar-refractivity contribution >= 4 is 0 Å². The van der Waals surface area contributed by atoms with Gasteiger partial charge in [0.05, 0.1) is 18.7 Å². The Morgan fingerprint density at radius 1 is 1.28 bits per heavy atom. The van der Waals surface area contributed by atoms with Crippen molar-refractivity contribution in [3.05, 3.63) is 12.2 Å². The zero-order valence-corrected chi connectivity index (χ0v) is 11.4. The van der Waals surface area contributed by atoms with E-state index in [1.165, 1.54) is 0 Å². The van der Waals surface area contributed by atoms with Crippen LogP contribution in [0.2, 0.25) is 0 Å². The summed E-state index contributed by atoms with van der Waals surface area (Å²) in [6, 6.07) is 4.23. The van der Waals surface area contributed by atoms with E-state index in [0.717, 1.165) is 12.2 Å². The predicted octanol–water partition coefficient (Wildman–Crippen LogP) is 2.41. The number of nitriles is 2. The van der Waals surface area contributed by atoms with Gasteiger partial charge in [-0.05, 0) is 6.42 Å². The molecule has 0 bridgehead atoms. The Labute approximate surface area is 108 Å². The third-order valence-electron chi connectivity index (χ3n) is 2.74. The van der Waals surface area contributed by atoms with Gasteiger partial charge in [0.1, 0.15) is 6.33 Å². The number of hydrogen-bond donors (Lipinski definition) is 0. The molecule has 0 fully saturated rings. The van der Waals surface area contributed by atoms with Gasteiger partial charge in [0, 0.05) is 5.41 Å². The van der Waals surface area contributed by atoms with Crippen LogP contribution in [0.25, 0.3) is 0 Å². The maximum atomic E-state index is 9.20. The fourth-order valence-electron chi connectivity index (χ4n) is 1.70. The quantitative estimate of drug-likeness (QED) is 0.816. The Hall–Kier alpha value is -1.88. The number of hydrogen-bond acceptors (Lipinski definition) is 4. The molecule has 1 rings (SSSR count). The average Bonchev–Trinajstić information content (AvgIpc) is 2.76. The lowest BCUT2D eigenvalue weighted by atomic mass is 9.87. The average molecular weight is 245 g/mol. The Bertz CT molecular complexity index is 467. The first-order chi connectivity index (χ1) is 8.37. The first-order valence-electron chi connectivity index (χ1n) is 6.09. The molecule has 0 saturated carbocycles. The first kappa shape index (κ1) is 14.2. The molecule has 18 heavy (non-hydrogen) atoms. The summed E-state index contributed by atoms with van der Waals surface area (Å²) in [6.45, 7) is 8.32. The van der Waals surface area contributed by atoms with Gasteiger partial charge < -0.3 is 0 Å². The highest BCUT2D eigenvalue weighted by Crippen LogP contribution is 2.25. The Morgan fingerprint density at radius 3 is 2.28 bits per heavy atom. The van der Waals surface area contributed by atoms with E-state index in [-0.39, 0.29) is 12.0 Å². The molecule has 1 aromatic rings. The van der Waals surface area contributed by atoms with E-state index in [1.54, 1.807) is 11.0 Å². The lowest BCUT2D eigenvalue weighted by Gasteiger charge is -2.17. The minimum atomic E-state index is -1.00. The Kier molecular flexibility index (Phi) is 4.08. The fourth-order valence-corrected chi connectivity index (χ4v) is 1.70. The zero-order chi connectivity index (χ0) is 13.8. The van der Waals surface area contributed by atoms with Gasteiger partial charge >= 0.3 is 0 Å². The highest BCUT2D eigenvalue weighted by atomic mass is 15.3. The summed E-state index contributed by atoms with van der Waals surface area (Å²) in [4.78, 5) is 4.23. The summed E-state index contributed by atoms with van der Waals surface area (Å²) < 4.78 is 1.60. The first-order valence-corrected chi connectivity index (χ1v) is 6.09. The highest BCUT2D eigenvalue weighted by molar-refractivity contribution is 5.13. The molecule has 0 atom stereocenters. The van der Waals surface area contributed by atoms with Gasteiger partial charge in [-0.2, -0.15) is 15.6 Å². The second-order valence-corrected chi connectivity index (χ2v) is 5.57. The summed E-state index contributed by atoms with van der Waals surface area (Å²) in [5.41, 5.74) is -1.13. The number of nitrogens with zero attached hydrogens (tertiary/aromatic N) is 5. The molecule has 1 heterocycles. The molecular formula is C13H19N5. The summed E-state index contributed by atoms with van der Waals surface area (Å²) in [5, 5.41) is 22.8. The molecule has 0 aliphatic rings. The van der Waals surface area contributed by atoms with E-state index < -0.39 is 5.41 Å². The summed E-state index contributed by atoms with van der Waals surface area (Å²) in [5.74, 6) is 0.726. The Morgan fingerprint density at radius 2 is 1.89 bits per heavy atom. The van der Waals surface area contributed by atoms with Crippen LogP contribution >= 0.6 is 0 Å². The molecule has 0 unspecified atom stereocenters. The molecule has 96 valence electrons. The smallest absolute Gasteiger partial charge is 0.163 e. The normalized spacial score (nSPS) is 11.9. The largest absolute Gasteiger partial charge is 0.250 e. The van der Waals surface area contributed by atoms with E-state index in [9.17, 15) is 10.5 Å². The van der Waals surface area contributed by atoms with Crippen molar-refractivity contribution in [3.8, 4) is 12.1 Å². The van der Waals surface area contributed by atoms with Gasteiger partial charge in [-0.1, -0.05) is 34.1 Å². The van der Waals surface area contributed by atoms with Crippen molar-refractivity contribution in [3.63, 3.8) is 0 Å². The van der Waals surface area contributed by atoms with Crippen molar-refractivity contribution in [2.24, 2.45) is 5.41 Å². The third-order valence-corrected chi connectivity index (χ3v) is 2.74. The van der Waals surface area contributed by atoms with Gasteiger partial charge in [-0.3, -0.25) is 0 Å². The molecule has 0 spiro atoms. The minimum Gasteiger partial charge on any atom is -0.250 e. The standard InChI is InChI=1S/C13H19N5/c1-5-6-13(7-14,8-15)9-18-10-16-11(17-18)12(2,3)4/h10H,5-6,9H2,1-4H3. The summed E-state index contributed by atoms with van der Waals surface area (Å²) in [6.07, 6.45) is 2.94. The maximum Gasteiger partial charge on any atom is 0.163 e. The number of rotatable bonds is 4. The van der Waals surface area contributed by atoms with E-state index in [4.69, 9.17) is 0 Å². The lowest BCUT2D eigenvalue weighted by molar-refractivity contribution is 0.372. The second kappa shape index (κ2) is 5.18. The van der Waals surface area contributed by atoms with Crippen molar-refractivity contribution < 1.29 is 0 Å². The van der Waals surface area contributed by atoms with Crippen molar-refractivity contribution in [2.45, 2.75) is 52.5 Å². The van der Waals surface area contributed by atoms with Gasteiger partial charge in [-0.15, -0.1) is 0 Å². The molecule has 5 nitrogen and oxygen atoms in total. The topological polar surface area (TPSA) is 78.3 Å². The summed E-state index contributed by atoms with van der Waals surface area (Å²) in [7, 11) is 0. The fraction of sp³-hybridized carbons (Fsp3) is 0.692. The van der Waals surface area contributed by atoms with E-state index in [1.807, 2.05) is 27.7 Å². The van der Waals surface area contributed by atoms with Crippen LogP contribution in [0.15, 0.2) is 6.33 Å². The van der Waals surface area contributed by atoms with Crippen LogP contribution in [0.1, 0.15) is 46.4 Å². The summed E-state index contributed by atoms with van der Waals surface area (Å²) >= 11 is 0. The van der Waals surface area contributed by atoms with Crippen molar-refractivity contribution in [1.29, 1.82) is 10.5 Å². The van der Waals surface area contributed by atoms with Crippen LogP contribution in [0.5, 0.6) is 0 Å².